The van der Waals surface area contributed by atoms with E-state index >= 15 is 0 Å². The smallest absolute Gasteiger partial charge is 0.264 e. The predicted molar refractivity (Wildman–Crippen MR) is 174 cm³/mol. The first-order chi connectivity index (χ1) is 21.0. The molecule has 0 bridgehead atoms. The van der Waals surface area contributed by atoms with Crippen molar-refractivity contribution in [2.24, 2.45) is 0 Å². The van der Waals surface area contributed by atoms with Gasteiger partial charge in [0.15, 0.2) is 0 Å². The predicted octanol–water partition coefficient (Wildman–Crippen LogP) is 6.07. The summed E-state index contributed by atoms with van der Waals surface area (Å²) in [6.45, 7) is 7.20. The Labute approximate surface area is 262 Å². The summed E-state index contributed by atoms with van der Waals surface area (Å²) in [7, 11) is -2.56. The molecule has 0 radical (unpaired) electrons. The van der Waals surface area contributed by atoms with Crippen LogP contribution >= 0.6 is 0 Å². The molecule has 0 spiro atoms. The fraction of sp³-hybridized carbons (Fsp3) is 0.429. The van der Waals surface area contributed by atoms with Crippen LogP contribution < -0.4 is 14.4 Å². The number of benzene rings is 3. The normalized spacial score (nSPS) is 14.5. The number of anilines is 1. The fourth-order valence-electron chi connectivity index (χ4n) is 5.79. The summed E-state index contributed by atoms with van der Waals surface area (Å²) in [6.07, 6.45) is 5.50. The van der Waals surface area contributed by atoms with Gasteiger partial charge in [0.2, 0.25) is 11.8 Å². The van der Waals surface area contributed by atoms with E-state index in [0.717, 1.165) is 54.4 Å². The van der Waals surface area contributed by atoms with E-state index in [4.69, 9.17) is 4.74 Å². The van der Waals surface area contributed by atoms with Crippen LogP contribution in [0.1, 0.15) is 67.7 Å². The topological polar surface area (TPSA) is 96.0 Å². The van der Waals surface area contributed by atoms with Crippen LogP contribution in [0.15, 0.2) is 71.6 Å². The average molecular weight is 620 g/mol. The van der Waals surface area contributed by atoms with Gasteiger partial charge in [-0.3, -0.25) is 13.9 Å². The van der Waals surface area contributed by atoms with Crippen LogP contribution in [0.3, 0.4) is 0 Å². The van der Waals surface area contributed by atoms with Crippen LogP contribution in [0.5, 0.6) is 5.75 Å². The van der Waals surface area contributed by atoms with Gasteiger partial charge in [0.1, 0.15) is 18.3 Å². The second kappa shape index (κ2) is 14.8. The van der Waals surface area contributed by atoms with E-state index in [0.29, 0.717) is 17.9 Å². The van der Waals surface area contributed by atoms with Crippen LogP contribution in [-0.2, 0) is 26.2 Å². The maximum Gasteiger partial charge on any atom is 0.264 e. The largest absolute Gasteiger partial charge is 0.497 e. The molecule has 9 heteroatoms. The van der Waals surface area contributed by atoms with E-state index in [-0.39, 0.29) is 23.4 Å². The third-order valence-electron chi connectivity index (χ3n) is 8.56. The fourth-order valence-corrected chi connectivity index (χ4v) is 7.26. The molecule has 0 unspecified atom stereocenters. The van der Waals surface area contributed by atoms with Gasteiger partial charge in [0.05, 0.1) is 17.7 Å². The first-order valence-electron chi connectivity index (χ1n) is 15.4. The number of nitrogens with zero attached hydrogens (tertiary/aromatic N) is 2. The zero-order chi connectivity index (χ0) is 31.9. The highest BCUT2D eigenvalue weighted by Gasteiger charge is 2.35. The zero-order valence-corrected chi connectivity index (χ0v) is 27.3. The molecule has 0 heterocycles. The monoisotopic (exact) mass is 619 g/mol. The van der Waals surface area contributed by atoms with Crippen molar-refractivity contribution in [2.75, 3.05) is 18.0 Å². The van der Waals surface area contributed by atoms with Gasteiger partial charge in [-0.05, 0) is 87.1 Å². The maximum atomic E-state index is 14.4. The molecular formula is C35H45N3O5S. The van der Waals surface area contributed by atoms with Crippen LogP contribution in [0.2, 0.25) is 0 Å². The number of amides is 2. The summed E-state index contributed by atoms with van der Waals surface area (Å²) in [5.41, 5.74) is 3.81. The Morgan fingerprint density at radius 3 is 2.30 bits per heavy atom. The summed E-state index contributed by atoms with van der Waals surface area (Å²) < 4.78 is 35.0. The van der Waals surface area contributed by atoms with Gasteiger partial charge in [-0.2, -0.15) is 0 Å². The number of methoxy groups -OCH3 is 1. The zero-order valence-electron chi connectivity index (χ0n) is 26.5. The lowest BCUT2D eigenvalue weighted by Crippen LogP contribution is -2.54. The number of hydrogen-bond acceptors (Lipinski definition) is 5. The summed E-state index contributed by atoms with van der Waals surface area (Å²) in [5.74, 6) is -0.0426. The molecule has 1 aliphatic rings. The Morgan fingerprint density at radius 1 is 0.955 bits per heavy atom. The second-order valence-corrected chi connectivity index (χ2v) is 13.5. The number of rotatable bonds is 12. The Balaban J connectivity index is 1.75. The van der Waals surface area contributed by atoms with Crippen LogP contribution in [0, 0.1) is 20.8 Å². The van der Waals surface area contributed by atoms with Crippen molar-refractivity contribution in [3.05, 3.63) is 89.0 Å². The highest BCUT2D eigenvalue weighted by atomic mass is 32.2. The lowest BCUT2D eigenvalue weighted by atomic mass is 9.95. The third kappa shape index (κ3) is 7.80. The number of nitrogens with one attached hydrogen (secondary N) is 1. The molecule has 1 N–H and O–H groups in total. The third-order valence-corrected chi connectivity index (χ3v) is 10.3. The van der Waals surface area contributed by atoms with E-state index in [1.54, 1.807) is 43.5 Å². The highest BCUT2D eigenvalue weighted by molar-refractivity contribution is 7.92. The lowest BCUT2D eigenvalue weighted by molar-refractivity contribution is -0.140. The minimum absolute atomic E-state index is 0.0763. The average Bonchev–Trinajstić information content (AvgIpc) is 3.02. The molecule has 3 aromatic carbocycles. The summed E-state index contributed by atoms with van der Waals surface area (Å²) >= 11 is 0. The van der Waals surface area contributed by atoms with Gasteiger partial charge in [0.25, 0.3) is 10.0 Å². The number of carbonyl (C=O) groups is 2. The molecule has 2 amide bonds. The highest BCUT2D eigenvalue weighted by Crippen LogP contribution is 2.30. The van der Waals surface area contributed by atoms with Gasteiger partial charge in [-0.25, -0.2) is 8.42 Å². The van der Waals surface area contributed by atoms with E-state index in [2.05, 4.69) is 5.32 Å². The van der Waals surface area contributed by atoms with Crippen LogP contribution in [0.4, 0.5) is 5.69 Å². The minimum atomic E-state index is -4.13. The quantitative estimate of drug-likeness (QED) is 0.266. The van der Waals surface area contributed by atoms with E-state index in [1.165, 1.54) is 9.21 Å². The Morgan fingerprint density at radius 2 is 1.64 bits per heavy atom. The summed E-state index contributed by atoms with van der Waals surface area (Å²) in [4.78, 5) is 29.8. The lowest BCUT2D eigenvalue weighted by Gasteiger charge is -2.35. The van der Waals surface area contributed by atoms with Crippen molar-refractivity contribution in [1.29, 1.82) is 0 Å². The van der Waals surface area contributed by atoms with Gasteiger partial charge >= 0.3 is 0 Å². The summed E-state index contributed by atoms with van der Waals surface area (Å²) in [5, 5.41) is 3.19. The van der Waals surface area contributed by atoms with E-state index in [9.17, 15) is 18.0 Å². The van der Waals surface area contributed by atoms with Crippen molar-refractivity contribution < 1.29 is 22.7 Å². The molecule has 1 atom stereocenters. The molecular weight excluding hydrogens is 574 g/mol. The molecule has 3 aromatic rings. The van der Waals surface area contributed by atoms with Crippen molar-refractivity contribution >= 4 is 27.5 Å². The molecule has 0 aromatic heterocycles. The van der Waals surface area contributed by atoms with Crippen molar-refractivity contribution in [1.82, 2.24) is 10.2 Å². The molecule has 1 fully saturated rings. The van der Waals surface area contributed by atoms with Gasteiger partial charge in [0, 0.05) is 12.6 Å². The molecule has 1 aliphatic carbocycles. The molecule has 0 saturated heterocycles. The van der Waals surface area contributed by atoms with Crippen molar-refractivity contribution in [2.45, 2.75) is 89.7 Å². The second-order valence-electron chi connectivity index (χ2n) is 11.7. The number of ether oxygens (including phenoxy) is 1. The Kier molecular flexibility index (Phi) is 11.1. The molecule has 1 saturated carbocycles. The summed E-state index contributed by atoms with van der Waals surface area (Å²) in [6, 6.07) is 18.7. The Hall–Kier alpha value is -3.85. The maximum absolute atomic E-state index is 14.4. The standard InChI is InChI=1S/C35H45N3O5S/c1-6-32(35(40)36-29-14-8-7-9-15-29)37(23-28-13-11-16-30(22-28)43-5)34(39)24-38(33-17-10-12-26(3)27(33)4)44(41,42)31-20-18-25(2)19-21-31/h10-13,16-22,29,32H,6-9,14-15,23-24H2,1-5H3,(H,36,40)/t32-/m1/s1. The van der Waals surface area contributed by atoms with E-state index < -0.39 is 28.5 Å². The van der Waals surface area contributed by atoms with Crippen LogP contribution in [0.25, 0.3) is 0 Å². The number of sulfonamides is 1. The number of carbonyl (C=O) groups excluding carboxylic acids is 2. The Bertz CT molecular complexity index is 1550. The molecule has 0 aliphatic heterocycles. The SMILES string of the molecule is CC[C@H](C(=O)NC1CCCCC1)N(Cc1cccc(OC)c1)C(=O)CN(c1cccc(C)c1C)S(=O)(=O)c1ccc(C)cc1. The van der Waals surface area contributed by atoms with Gasteiger partial charge < -0.3 is 15.0 Å². The van der Waals surface area contributed by atoms with Crippen molar-refractivity contribution in [3.8, 4) is 5.75 Å². The molecule has 4 rings (SSSR count). The number of hydrogen-bond donors (Lipinski definition) is 1. The molecule has 236 valence electrons. The van der Waals surface area contributed by atoms with Crippen LogP contribution in [-0.4, -0.2) is 50.9 Å². The minimum Gasteiger partial charge on any atom is -0.497 e. The van der Waals surface area contributed by atoms with Crippen molar-refractivity contribution in [3.63, 3.8) is 0 Å². The van der Waals surface area contributed by atoms with Gasteiger partial charge in [-0.15, -0.1) is 0 Å². The first kappa shape index (κ1) is 33.1. The van der Waals surface area contributed by atoms with E-state index in [1.807, 2.05) is 58.0 Å². The molecule has 44 heavy (non-hydrogen) atoms. The number of aryl methyl sites for hydroxylation is 2. The molecule has 8 nitrogen and oxygen atoms in total. The first-order valence-corrected chi connectivity index (χ1v) is 16.9. The van der Waals surface area contributed by atoms with Gasteiger partial charge in [-0.1, -0.05) is 68.1 Å².